The van der Waals surface area contributed by atoms with Crippen LogP contribution in [-0.2, 0) is 11.3 Å². The first kappa shape index (κ1) is 15.1. The number of hydrogen-bond donors (Lipinski definition) is 1. The third kappa shape index (κ3) is 5.00. The summed E-state index contributed by atoms with van der Waals surface area (Å²) in [6.45, 7) is 3.13. The van der Waals surface area contributed by atoms with E-state index < -0.39 is 0 Å². The maximum absolute atomic E-state index is 8.68. The zero-order chi connectivity index (χ0) is 14.2. The predicted molar refractivity (Wildman–Crippen MR) is 81.2 cm³/mol. The highest BCUT2D eigenvalue weighted by Gasteiger charge is 2.19. The number of rotatable bonds is 4. The quantitative estimate of drug-likeness (QED) is 0.850. The fourth-order valence-corrected chi connectivity index (χ4v) is 2.65. The lowest BCUT2D eigenvalue weighted by Crippen LogP contribution is -2.21. The molecule has 0 saturated heterocycles. The molecule has 0 aromatic heterocycles. The van der Waals surface area contributed by atoms with E-state index in [1.807, 2.05) is 12.1 Å². The van der Waals surface area contributed by atoms with Crippen molar-refractivity contribution < 1.29 is 9.84 Å². The minimum absolute atomic E-state index is 0.124. The van der Waals surface area contributed by atoms with Crippen LogP contribution in [0, 0.1) is 17.8 Å². The van der Waals surface area contributed by atoms with E-state index >= 15 is 0 Å². The highest BCUT2D eigenvalue weighted by molar-refractivity contribution is 5.35. The Morgan fingerprint density at radius 3 is 2.75 bits per heavy atom. The summed E-state index contributed by atoms with van der Waals surface area (Å²) >= 11 is 0. The van der Waals surface area contributed by atoms with Crippen molar-refractivity contribution >= 4 is 0 Å². The monoisotopic (exact) mass is 272 g/mol. The standard InChI is InChI=1S/C18H24O2/c1-15-5-4-7-18(13-15)20-14-17-10-8-16(9-11-17)6-2-3-12-19/h8-11,15,18-19H,3-5,7,12-14H2,1H3. The molecule has 2 nitrogen and oxygen atoms in total. The summed E-state index contributed by atoms with van der Waals surface area (Å²) in [5.74, 6) is 6.76. The van der Waals surface area contributed by atoms with Crippen LogP contribution in [0.2, 0.25) is 0 Å². The van der Waals surface area contributed by atoms with Gasteiger partial charge in [0.1, 0.15) is 0 Å². The predicted octanol–water partition coefficient (Wildman–Crippen LogP) is 3.52. The zero-order valence-electron chi connectivity index (χ0n) is 12.3. The van der Waals surface area contributed by atoms with Gasteiger partial charge in [-0.05, 0) is 36.5 Å². The van der Waals surface area contributed by atoms with Gasteiger partial charge in [-0.2, -0.15) is 0 Å². The first-order valence-corrected chi connectivity index (χ1v) is 7.58. The minimum Gasteiger partial charge on any atom is -0.395 e. The molecule has 20 heavy (non-hydrogen) atoms. The summed E-state index contributed by atoms with van der Waals surface area (Å²) in [5, 5.41) is 8.68. The second kappa shape index (κ2) is 8.09. The lowest BCUT2D eigenvalue weighted by molar-refractivity contribution is 0.00467. The van der Waals surface area contributed by atoms with Gasteiger partial charge >= 0.3 is 0 Å². The maximum atomic E-state index is 8.68. The summed E-state index contributed by atoms with van der Waals surface area (Å²) in [5.41, 5.74) is 2.20. The maximum Gasteiger partial charge on any atom is 0.0720 e. The van der Waals surface area contributed by atoms with Crippen molar-refractivity contribution in [3.05, 3.63) is 35.4 Å². The molecular formula is C18H24O2. The van der Waals surface area contributed by atoms with Crippen LogP contribution in [0.15, 0.2) is 24.3 Å². The molecule has 0 spiro atoms. The molecule has 2 atom stereocenters. The number of benzene rings is 1. The molecule has 1 aromatic rings. The van der Waals surface area contributed by atoms with Crippen molar-refractivity contribution in [1.29, 1.82) is 0 Å². The topological polar surface area (TPSA) is 29.5 Å². The molecule has 0 bridgehead atoms. The van der Waals surface area contributed by atoms with Gasteiger partial charge in [0.25, 0.3) is 0 Å². The smallest absolute Gasteiger partial charge is 0.0720 e. The molecule has 108 valence electrons. The zero-order valence-corrected chi connectivity index (χ0v) is 12.3. The first-order chi connectivity index (χ1) is 9.78. The van der Waals surface area contributed by atoms with Crippen molar-refractivity contribution in [1.82, 2.24) is 0 Å². The van der Waals surface area contributed by atoms with Crippen LogP contribution < -0.4 is 0 Å². The van der Waals surface area contributed by atoms with Gasteiger partial charge in [-0.15, -0.1) is 0 Å². The van der Waals surface area contributed by atoms with Gasteiger partial charge in [0, 0.05) is 12.0 Å². The molecule has 1 fully saturated rings. The Morgan fingerprint density at radius 2 is 2.05 bits per heavy atom. The van der Waals surface area contributed by atoms with Crippen molar-refractivity contribution in [2.75, 3.05) is 6.61 Å². The van der Waals surface area contributed by atoms with Crippen LogP contribution in [0.25, 0.3) is 0 Å². The average molecular weight is 272 g/mol. The van der Waals surface area contributed by atoms with Crippen LogP contribution in [0.3, 0.4) is 0 Å². The number of ether oxygens (including phenoxy) is 1. The number of hydrogen-bond acceptors (Lipinski definition) is 2. The Morgan fingerprint density at radius 1 is 1.25 bits per heavy atom. The van der Waals surface area contributed by atoms with E-state index in [-0.39, 0.29) is 6.61 Å². The van der Waals surface area contributed by atoms with Crippen molar-refractivity contribution in [3.8, 4) is 11.8 Å². The molecule has 0 amide bonds. The molecule has 1 saturated carbocycles. The fraction of sp³-hybridized carbons (Fsp3) is 0.556. The molecular weight excluding hydrogens is 248 g/mol. The Hall–Kier alpha value is -1.30. The van der Waals surface area contributed by atoms with E-state index in [4.69, 9.17) is 9.84 Å². The second-order valence-electron chi connectivity index (χ2n) is 5.68. The lowest BCUT2D eigenvalue weighted by atomic mass is 9.89. The molecule has 0 aliphatic heterocycles. The van der Waals surface area contributed by atoms with E-state index in [2.05, 4.69) is 30.9 Å². The van der Waals surface area contributed by atoms with E-state index in [0.29, 0.717) is 19.1 Å². The molecule has 1 aliphatic rings. The Bertz CT molecular complexity index is 453. The highest BCUT2D eigenvalue weighted by Crippen LogP contribution is 2.26. The van der Waals surface area contributed by atoms with Crippen LogP contribution in [-0.4, -0.2) is 17.8 Å². The first-order valence-electron chi connectivity index (χ1n) is 7.58. The van der Waals surface area contributed by atoms with Crippen molar-refractivity contribution in [2.45, 2.75) is 51.7 Å². The molecule has 0 radical (unpaired) electrons. The van der Waals surface area contributed by atoms with Crippen LogP contribution in [0.1, 0.15) is 50.2 Å². The Kier molecular flexibility index (Phi) is 6.11. The Labute approximate surface area is 122 Å². The van der Waals surface area contributed by atoms with Crippen LogP contribution in [0.5, 0.6) is 0 Å². The van der Waals surface area contributed by atoms with E-state index in [9.17, 15) is 0 Å². The summed E-state index contributed by atoms with van der Waals surface area (Å²) < 4.78 is 6.01. The number of aliphatic hydroxyl groups excluding tert-OH is 1. The van der Waals surface area contributed by atoms with Gasteiger partial charge in [-0.25, -0.2) is 0 Å². The summed E-state index contributed by atoms with van der Waals surface area (Å²) in [4.78, 5) is 0. The van der Waals surface area contributed by atoms with Gasteiger partial charge < -0.3 is 9.84 Å². The summed E-state index contributed by atoms with van der Waals surface area (Å²) in [7, 11) is 0. The molecule has 2 rings (SSSR count). The van der Waals surface area contributed by atoms with Crippen molar-refractivity contribution in [2.24, 2.45) is 5.92 Å². The largest absolute Gasteiger partial charge is 0.395 e. The molecule has 0 heterocycles. The molecule has 1 aliphatic carbocycles. The van der Waals surface area contributed by atoms with Crippen LogP contribution in [0.4, 0.5) is 0 Å². The van der Waals surface area contributed by atoms with Gasteiger partial charge in [0.05, 0.1) is 19.3 Å². The van der Waals surface area contributed by atoms with Crippen LogP contribution >= 0.6 is 0 Å². The molecule has 2 heteroatoms. The van der Waals surface area contributed by atoms with E-state index in [1.165, 1.54) is 31.2 Å². The van der Waals surface area contributed by atoms with Gasteiger partial charge in [0.2, 0.25) is 0 Å². The normalized spacial score (nSPS) is 22.1. The average Bonchev–Trinajstić information content (AvgIpc) is 2.47. The van der Waals surface area contributed by atoms with Crippen molar-refractivity contribution in [3.63, 3.8) is 0 Å². The highest BCUT2D eigenvalue weighted by atomic mass is 16.5. The van der Waals surface area contributed by atoms with Gasteiger partial charge in [0.15, 0.2) is 0 Å². The number of aliphatic hydroxyl groups is 1. The lowest BCUT2D eigenvalue weighted by Gasteiger charge is -2.26. The fourth-order valence-electron chi connectivity index (χ4n) is 2.65. The van der Waals surface area contributed by atoms with E-state index in [1.54, 1.807) is 0 Å². The summed E-state index contributed by atoms with van der Waals surface area (Å²) in [6.07, 6.45) is 6.01. The van der Waals surface area contributed by atoms with Gasteiger partial charge in [-0.1, -0.05) is 43.7 Å². The minimum atomic E-state index is 0.124. The van der Waals surface area contributed by atoms with Gasteiger partial charge in [-0.3, -0.25) is 0 Å². The third-order valence-corrected chi connectivity index (χ3v) is 3.80. The SMILES string of the molecule is CC1CCCC(OCc2ccc(C#CCCO)cc2)C1. The van der Waals surface area contributed by atoms with E-state index in [0.717, 1.165) is 11.5 Å². The Balaban J connectivity index is 1.80. The summed E-state index contributed by atoms with van der Waals surface area (Å²) in [6, 6.07) is 8.20. The molecule has 1 N–H and O–H groups in total. The molecule has 1 aromatic carbocycles. The third-order valence-electron chi connectivity index (χ3n) is 3.80. The second-order valence-corrected chi connectivity index (χ2v) is 5.68. The molecule has 2 unspecified atom stereocenters.